The van der Waals surface area contributed by atoms with Gasteiger partial charge in [0.2, 0.25) is 5.78 Å². The predicted octanol–water partition coefficient (Wildman–Crippen LogP) is 3.24. The van der Waals surface area contributed by atoms with Crippen molar-refractivity contribution in [1.29, 1.82) is 0 Å². The molecule has 1 aliphatic carbocycles. The summed E-state index contributed by atoms with van der Waals surface area (Å²) in [4.78, 5) is 25.6. The first-order chi connectivity index (χ1) is 12.4. The molecule has 2 heterocycles. The van der Waals surface area contributed by atoms with Crippen molar-refractivity contribution in [1.82, 2.24) is 0 Å². The molecule has 5 heteroatoms. The van der Waals surface area contributed by atoms with E-state index in [2.05, 4.69) is 6.92 Å². The smallest absolute Gasteiger partial charge is 0.313 e. The Hall–Kier alpha value is -1.88. The molecule has 0 radical (unpaired) electrons. The Labute approximate surface area is 154 Å². The van der Waals surface area contributed by atoms with E-state index >= 15 is 0 Å². The van der Waals surface area contributed by atoms with E-state index in [0.29, 0.717) is 24.2 Å². The van der Waals surface area contributed by atoms with Crippen LogP contribution >= 0.6 is 0 Å². The Kier molecular flexibility index (Phi) is 5.37. The van der Waals surface area contributed by atoms with Crippen molar-refractivity contribution in [3.63, 3.8) is 0 Å². The molecule has 1 fully saturated rings. The average Bonchev–Trinajstić information content (AvgIpc) is 2.86. The van der Waals surface area contributed by atoms with E-state index in [1.54, 1.807) is 6.92 Å². The molecule has 4 atom stereocenters. The zero-order valence-corrected chi connectivity index (χ0v) is 15.8. The Bertz CT molecular complexity index is 687. The van der Waals surface area contributed by atoms with Gasteiger partial charge in [-0.05, 0) is 44.4 Å². The number of allylic oxidation sites excluding steroid dienone is 4. The molecule has 5 nitrogen and oxygen atoms in total. The number of hydrogen-bond acceptors (Lipinski definition) is 5. The first kappa shape index (κ1) is 18.9. The summed E-state index contributed by atoms with van der Waals surface area (Å²) < 4.78 is 11.2. The highest BCUT2D eigenvalue weighted by Gasteiger charge is 2.61. The summed E-state index contributed by atoms with van der Waals surface area (Å²) in [6, 6.07) is 0. The average molecular weight is 360 g/mol. The third kappa shape index (κ3) is 3.13. The third-order valence-corrected chi connectivity index (χ3v) is 5.83. The number of esters is 1. The molecule has 26 heavy (non-hydrogen) atoms. The van der Waals surface area contributed by atoms with Crippen LogP contribution in [0.5, 0.6) is 0 Å². The van der Waals surface area contributed by atoms with Crippen molar-refractivity contribution in [3.05, 3.63) is 35.1 Å². The monoisotopic (exact) mass is 360 g/mol. The predicted molar refractivity (Wildman–Crippen MR) is 97.1 cm³/mol. The van der Waals surface area contributed by atoms with Gasteiger partial charge in [-0.3, -0.25) is 9.59 Å². The van der Waals surface area contributed by atoms with Gasteiger partial charge in [-0.1, -0.05) is 32.3 Å². The van der Waals surface area contributed by atoms with E-state index in [0.717, 1.165) is 24.8 Å². The highest BCUT2D eigenvalue weighted by atomic mass is 16.6. The second kappa shape index (κ2) is 7.39. The maximum Gasteiger partial charge on any atom is 0.313 e. The summed E-state index contributed by atoms with van der Waals surface area (Å²) in [6.07, 6.45) is 8.88. The van der Waals surface area contributed by atoms with E-state index < -0.39 is 23.6 Å². The molecule has 3 rings (SSSR count). The zero-order valence-electron chi connectivity index (χ0n) is 15.8. The van der Waals surface area contributed by atoms with Crippen LogP contribution in [0.4, 0.5) is 0 Å². The molecule has 1 saturated heterocycles. The fourth-order valence-electron chi connectivity index (χ4n) is 4.34. The molecule has 0 aromatic heterocycles. The van der Waals surface area contributed by atoms with Crippen molar-refractivity contribution in [2.45, 2.75) is 64.6 Å². The van der Waals surface area contributed by atoms with Crippen molar-refractivity contribution >= 4 is 11.8 Å². The minimum absolute atomic E-state index is 0.184. The first-order valence-electron chi connectivity index (χ1n) is 9.57. The van der Waals surface area contributed by atoms with E-state index in [1.165, 1.54) is 0 Å². The first-order valence-corrected chi connectivity index (χ1v) is 9.57. The number of aliphatic hydroxyl groups is 1. The Morgan fingerprint density at radius 2 is 2.15 bits per heavy atom. The molecule has 0 aromatic carbocycles. The van der Waals surface area contributed by atoms with Gasteiger partial charge >= 0.3 is 5.97 Å². The second-order valence-corrected chi connectivity index (χ2v) is 7.60. The Morgan fingerprint density at radius 3 is 2.85 bits per heavy atom. The van der Waals surface area contributed by atoms with Crippen molar-refractivity contribution in [2.75, 3.05) is 6.61 Å². The van der Waals surface area contributed by atoms with Crippen LogP contribution in [-0.2, 0) is 19.1 Å². The normalized spacial score (nSPS) is 32.1. The molecule has 0 bridgehead atoms. The van der Waals surface area contributed by atoms with Gasteiger partial charge in [-0.15, -0.1) is 0 Å². The van der Waals surface area contributed by atoms with Gasteiger partial charge in [0.1, 0.15) is 12.4 Å². The van der Waals surface area contributed by atoms with Crippen molar-refractivity contribution in [3.8, 4) is 0 Å². The number of ketones is 1. The molecular weight excluding hydrogens is 332 g/mol. The summed E-state index contributed by atoms with van der Waals surface area (Å²) in [6.45, 7) is 5.89. The second-order valence-electron chi connectivity index (χ2n) is 7.60. The van der Waals surface area contributed by atoms with Gasteiger partial charge in [0.25, 0.3) is 0 Å². The number of ether oxygens (including phenoxy) is 2. The lowest BCUT2D eigenvalue weighted by atomic mass is 9.67. The lowest BCUT2D eigenvalue weighted by Crippen LogP contribution is -2.48. The molecule has 0 saturated carbocycles. The maximum absolute atomic E-state index is 13.1. The number of rotatable bonds is 6. The number of hydrogen-bond donors (Lipinski definition) is 1. The quantitative estimate of drug-likeness (QED) is 0.581. The highest BCUT2D eigenvalue weighted by molar-refractivity contribution is 6.07. The van der Waals surface area contributed by atoms with Crippen LogP contribution in [0.3, 0.4) is 0 Å². The topological polar surface area (TPSA) is 72.8 Å². The fraction of sp³-hybridized carbons (Fsp3) is 0.619. The van der Waals surface area contributed by atoms with Gasteiger partial charge in [0.15, 0.2) is 5.60 Å². The minimum Gasteiger partial charge on any atom is -0.489 e. The van der Waals surface area contributed by atoms with E-state index in [-0.39, 0.29) is 18.3 Å². The summed E-state index contributed by atoms with van der Waals surface area (Å²) in [5.74, 6) is -0.896. The van der Waals surface area contributed by atoms with Crippen LogP contribution in [0.2, 0.25) is 0 Å². The summed E-state index contributed by atoms with van der Waals surface area (Å²) in [5.41, 5.74) is 0.300. The Morgan fingerprint density at radius 1 is 1.38 bits per heavy atom. The molecule has 1 unspecified atom stereocenters. The number of carbonyl (C=O) groups excluding carboxylic acids is 2. The largest absolute Gasteiger partial charge is 0.489 e. The van der Waals surface area contributed by atoms with Crippen LogP contribution in [0, 0.1) is 11.8 Å². The third-order valence-electron chi connectivity index (χ3n) is 5.83. The lowest BCUT2D eigenvalue weighted by Gasteiger charge is -2.37. The minimum atomic E-state index is -1.19. The van der Waals surface area contributed by atoms with Gasteiger partial charge in [-0.2, -0.15) is 0 Å². The van der Waals surface area contributed by atoms with Crippen LogP contribution in [0.25, 0.3) is 0 Å². The molecule has 142 valence electrons. The number of aliphatic hydroxyl groups excluding tert-OH is 1. The summed E-state index contributed by atoms with van der Waals surface area (Å²) >= 11 is 0. The van der Waals surface area contributed by atoms with Crippen LogP contribution < -0.4 is 0 Å². The molecule has 2 aliphatic heterocycles. The van der Waals surface area contributed by atoms with Gasteiger partial charge in [0.05, 0.1) is 12.0 Å². The summed E-state index contributed by atoms with van der Waals surface area (Å²) in [7, 11) is 0. The molecule has 1 N–H and O–H groups in total. The van der Waals surface area contributed by atoms with Gasteiger partial charge in [0, 0.05) is 11.5 Å². The SMILES string of the molecule is C/C=C/C1=CC2=C(CO1)C(=O)[C@]1(C)OC(=O)[C@H](C(O)CCCCC)[C@H]1C2. The van der Waals surface area contributed by atoms with Crippen molar-refractivity contribution < 1.29 is 24.2 Å². The Balaban J connectivity index is 1.88. The highest BCUT2D eigenvalue weighted by Crippen LogP contribution is 2.49. The number of Topliss-reactive ketones (excluding diaryl/α,β-unsaturated/α-hetero) is 1. The van der Waals surface area contributed by atoms with Crippen LogP contribution in [-0.4, -0.2) is 35.2 Å². The number of unbranched alkanes of at least 4 members (excludes halogenated alkanes) is 2. The number of carbonyl (C=O) groups is 2. The van der Waals surface area contributed by atoms with E-state index in [9.17, 15) is 14.7 Å². The standard InChI is InChI=1S/C21H28O5/c1-4-6-7-9-17(22)18-16-11-13-10-14(8-5-2)25-12-15(13)19(23)21(16,3)26-20(18)24/h5,8,10,16-18,22H,4,6-7,9,11-12H2,1-3H3/b8-5+/t16-,17?,18+,21-/m1/s1. The molecule has 0 spiro atoms. The van der Waals surface area contributed by atoms with E-state index in [4.69, 9.17) is 9.47 Å². The maximum atomic E-state index is 13.1. The summed E-state index contributed by atoms with van der Waals surface area (Å²) in [5, 5.41) is 10.6. The zero-order chi connectivity index (χ0) is 18.9. The van der Waals surface area contributed by atoms with Gasteiger partial charge < -0.3 is 14.6 Å². The van der Waals surface area contributed by atoms with Crippen LogP contribution in [0.15, 0.2) is 35.1 Å². The van der Waals surface area contributed by atoms with Gasteiger partial charge in [-0.25, -0.2) is 0 Å². The lowest BCUT2D eigenvalue weighted by molar-refractivity contribution is -0.158. The van der Waals surface area contributed by atoms with Crippen LogP contribution in [0.1, 0.15) is 52.9 Å². The van der Waals surface area contributed by atoms with E-state index in [1.807, 2.05) is 25.2 Å². The fourth-order valence-corrected chi connectivity index (χ4v) is 4.34. The molecule has 0 amide bonds. The molecular formula is C21H28O5. The van der Waals surface area contributed by atoms with Crippen molar-refractivity contribution in [2.24, 2.45) is 11.8 Å². The molecule has 3 aliphatic rings. The number of fused-ring (bicyclic) bond motifs is 1. The molecule has 0 aromatic rings.